The molecule has 0 aromatic carbocycles. The minimum Gasteiger partial charge on any atom is -0.317 e. The first-order valence-electron chi connectivity index (χ1n) is 6.93. The Labute approximate surface area is 109 Å². The summed E-state index contributed by atoms with van der Waals surface area (Å²) in [5.74, 6) is 0.864. The summed E-state index contributed by atoms with van der Waals surface area (Å²) in [5.41, 5.74) is 0.284. The molecule has 1 unspecified atom stereocenters. The summed E-state index contributed by atoms with van der Waals surface area (Å²) in [6.45, 7) is 3.70. The maximum Gasteiger partial charge on any atom is 0.150 e. The summed E-state index contributed by atoms with van der Waals surface area (Å²) in [5, 5.41) is 3.32. The van der Waals surface area contributed by atoms with Gasteiger partial charge in [0.25, 0.3) is 0 Å². The number of carbonyl (C=O) groups is 1. The minimum atomic E-state index is -2.92. The van der Waals surface area contributed by atoms with Gasteiger partial charge in [-0.05, 0) is 44.2 Å². The topological polar surface area (TPSA) is 63.2 Å². The van der Waals surface area contributed by atoms with E-state index in [2.05, 4.69) is 5.32 Å². The lowest BCUT2D eigenvalue weighted by molar-refractivity contribution is -0.121. The van der Waals surface area contributed by atoms with Crippen LogP contribution in [0.4, 0.5) is 0 Å². The average Bonchev–Trinajstić information content (AvgIpc) is 3.03. The quantitative estimate of drug-likeness (QED) is 0.789. The van der Waals surface area contributed by atoms with Crippen molar-refractivity contribution in [1.82, 2.24) is 5.32 Å². The first kappa shape index (κ1) is 14.0. The molecule has 1 spiro atoms. The zero-order valence-electron chi connectivity index (χ0n) is 11.1. The Hall–Kier alpha value is -0.420. The van der Waals surface area contributed by atoms with Gasteiger partial charge >= 0.3 is 0 Å². The van der Waals surface area contributed by atoms with Gasteiger partial charge < -0.3 is 5.32 Å². The lowest BCUT2D eigenvalue weighted by atomic mass is 9.90. The van der Waals surface area contributed by atoms with Crippen LogP contribution in [0.3, 0.4) is 0 Å². The molecule has 0 aromatic heterocycles. The van der Waals surface area contributed by atoms with Crippen molar-refractivity contribution in [2.75, 3.05) is 24.6 Å². The van der Waals surface area contributed by atoms with E-state index in [4.69, 9.17) is 0 Å². The number of hydrogen-bond acceptors (Lipinski definition) is 4. The van der Waals surface area contributed by atoms with Crippen molar-refractivity contribution in [1.29, 1.82) is 0 Å². The smallest absolute Gasteiger partial charge is 0.150 e. The number of carbonyl (C=O) groups excluding carboxylic acids is 1. The number of rotatable bonds is 6. The highest BCUT2D eigenvalue weighted by Crippen LogP contribution is 2.59. The van der Waals surface area contributed by atoms with Crippen LogP contribution < -0.4 is 5.32 Å². The Morgan fingerprint density at radius 3 is 2.61 bits per heavy atom. The van der Waals surface area contributed by atoms with Gasteiger partial charge in [0.1, 0.15) is 15.6 Å². The van der Waals surface area contributed by atoms with Crippen molar-refractivity contribution < 1.29 is 13.2 Å². The molecule has 2 aliphatic rings. The second-order valence-electron chi connectivity index (χ2n) is 5.68. The molecule has 5 heteroatoms. The SMILES string of the molecule is CCS(=O)(=O)CCCC(=O)C1CC12CCNCC2. The maximum absolute atomic E-state index is 12.0. The van der Waals surface area contributed by atoms with Crippen LogP contribution in [0.5, 0.6) is 0 Å². The molecule has 18 heavy (non-hydrogen) atoms. The van der Waals surface area contributed by atoms with Crippen LogP contribution in [-0.2, 0) is 14.6 Å². The van der Waals surface area contributed by atoms with E-state index in [1.54, 1.807) is 6.92 Å². The molecule has 1 saturated carbocycles. The summed E-state index contributed by atoms with van der Waals surface area (Å²) >= 11 is 0. The predicted molar refractivity (Wildman–Crippen MR) is 71.2 cm³/mol. The fourth-order valence-corrected chi connectivity index (χ4v) is 3.94. The number of ketones is 1. The molecular weight excluding hydrogens is 250 g/mol. The van der Waals surface area contributed by atoms with Crippen LogP contribution in [0.2, 0.25) is 0 Å². The molecule has 2 fully saturated rings. The summed E-state index contributed by atoms with van der Waals surface area (Å²) in [7, 11) is -2.92. The third-order valence-corrected chi connectivity index (χ3v) is 6.29. The lowest BCUT2D eigenvalue weighted by Gasteiger charge is -2.23. The van der Waals surface area contributed by atoms with E-state index in [-0.39, 0.29) is 22.8 Å². The molecule has 1 atom stereocenters. The van der Waals surface area contributed by atoms with E-state index < -0.39 is 9.84 Å². The maximum atomic E-state index is 12.0. The van der Waals surface area contributed by atoms with Crippen LogP contribution in [0.15, 0.2) is 0 Å². The standard InChI is InChI=1S/C13H23NO3S/c1-2-18(16,17)9-3-4-12(15)11-10-13(11)5-7-14-8-6-13/h11,14H,2-10H2,1H3. The van der Waals surface area contributed by atoms with Crippen molar-refractivity contribution in [2.45, 2.75) is 39.0 Å². The Balaban J connectivity index is 1.74. The van der Waals surface area contributed by atoms with Crippen LogP contribution in [0.1, 0.15) is 39.0 Å². The molecule has 0 aromatic rings. The van der Waals surface area contributed by atoms with Crippen molar-refractivity contribution in [3.63, 3.8) is 0 Å². The third kappa shape index (κ3) is 3.12. The molecular formula is C13H23NO3S. The van der Waals surface area contributed by atoms with Crippen LogP contribution >= 0.6 is 0 Å². The Kier molecular flexibility index (Phi) is 4.11. The Bertz CT molecular complexity index is 410. The molecule has 1 aliphatic heterocycles. The van der Waals surface area contributed by atoms with Gasteiger partial charge in [0.2, 0.25) is 0 Å². The van der Waals surface area contributed by atoms with E-state index in [9.17, 15) is 13.2 Å². The Morgan fingerprint density at radius 2 is 2.00 bits per heavy atom. The summed E-state index contributed by atoms with van der Waals surface area (Å²) in [4.78, 5) is 12.0. The second-order valence-corrected chi connectivity index (χ2v) is 8.15. The largest absolute Gasteiger partial charge is 0.317 e. The highest BCUT2D eigenvalue weighted by Gasteiger charge is 2.56. The molecule has 1 heterocycles. The number of sulfone groups is 1. The number of Topliss-reactive ketones (excluding diaryl/α,β-unsaturated/α-hetero) is 1. The predicted octanol–water partition coefficient (Wildman–Crippen LogP) is 1.16. The molecule has 0 bridgehead atoms. The highest BCUT2D eigenvalue weighted by molar-refractivity contribution is 7.91. The van der Waals surface area contributed by atoms with Crippen molar-refractivity contribution in [3.8, 4) is 0 Å². The molecule has 1 aliphatic carbocycles. The lowest BCUT2D eigenvalue weighted by Crippen LogP contribution is -2.30. The highest BCUT2D eigenvalue weighted by atomic mass is 32.2. The molecule has 0 amide bonds. The molecule has 1 N–H and O–H groups in total. The molecule has 2 rings (SSSR count). The fraction of sp³-hybridized carbons (Fsp3) is 0.923. The van der Waals surface area contributed by atoms with E-state index in [1.807, 2.05) is 0 Å². The summed E-state index contributed by atoms with van der Waals surface area (Å²) < 4.78 is 22.7. The number of hydrogen-bond donors (Lipinski definition) is 1. The summed E-state index contributed by atoms with van der Waals surface area (Å²) in [6.07, 6.45) is 4.19. The van der Waals surface area contributed by atoms with Gasteiger partial charge in [-0.1, -0.05) is 6.92 Å². The van der Waals surface area contributed by atoms with E-state index >= 15 is 0 Å². The molecule has 1 saturated heterocycles. The Morgan fingerprint density at radius 1 is 1.33 bits per heavy atom. The summed E-state index contributed by atoms with van der Waals surface area (Å²) in [6, 6.07) is 0. The van der Waals surface area contributed by atoms with Gasteiger partial charge in [-0.3, -0.25) is 4.79 Å². The normalized spacial score (nSPS) is 26.2. The number of nitrogens with one attached hydrogen (secondary N) is 1. The first-order chi connectivity index (χ1) is 8.49. The fourth-order valence-electron chi connectivity index (χ4n) is 3.07. The van der Waals surface area contributed by atoms with Crippen LogP contribution in [0, 0.1) is 11.3 Å². The number of piperidine rings is 1. The zero-order valence-corrected chi connectivity index (χ0v) is 11.9. The van der Waals surface area contributed by atoms with Gasteiger partial charge in [0.05, 0.1) is 5.75 Å². The minimum absolute atomic E-state index is 0.163. The molecule has 4 nitrogen and oxygen atoms in total. The van der Waals surface area contributed by atoms with Gasteiger partial charge in [-0.15, -0.1) is 0 Å². The van der Waals surface area contributed by atoms with Crippen molar-refractivity contribution in [2.24, 2.45) is 11.3 Å². The zero-order chi connectivity index (χ0) is 13.2. The van der Waals surface area contributed by atoms with Crippen LogP contribution in [0.25, 0.3) is 0 Å². The van der Waals surface area contributed by atoms with Gasteiger partial charge in [0.15, 0.2) is 0 Å². The first-order valence-corrected chi connectivity index (χ1v) is 8.75. The van der Waals surface area contributed by atoms with Crippen molar-refractivity contribution >= 4 is 15.6 Å². The van der Waals surface area contributed by atoms with Gasteiger partial charge in [-0.25, -0.2) is 8.42 Å². The molecule has 0 radical (unpaired) electrons. The van der Waals surface area contributed by atoms with Crippen LogP contribution in [-0.4, -0.2) is 38.8 Å². The van der Waals surface area contributed by atoms with Gasteiger partial charge in [-0.2, -0.15) is 0 Å². The average molecular weight is 273 g/mol. The van der Waals surface area contributed by atoms with E-state index in [1.165, 1.54) is 0 Å². The second kappa shape index (κ2) is 5.29. The third-order valence-electron chi connectivity index (χ3n) is 4.50. The monoisotopic (exact) mass is 273 g/mol. The van der Waals surface area contributed by atoms with E-state index in [0.717, 1.165) is 32.4 Å². The van der Waals surface area contributed by atoms with E-state index in [0.29, 0.717) is 18.6 Å². The van der Waals surface area contributed by atoms with Crippen molar-refractivity contribution in [3.05, 3.63) is 0 Å². The van der Waals surface area contributed by atoms with Gasteiger partial charge in [0, 0.05) is 18.1 Å². The molecule has 104 valence electrons.